The molecule has 0 aliphatic carbocycles. The van der Waals surface area contributed by atoms with E-state index in [2.05, 4.69) is 13.2 Å². The zero-order valence-electron chi connectivity index (χ0n) is 16.3. The second-order valence-corrected chi connectivity index (χ2v) is 6.21. The largest absolute Gasteiger partial charge is 0.508 e. The van der Waals surface area contributed by atoms with Crippen LogP contribution in [0.1, 0.15) is 34.0 Å². The van der Waals surface area contributed by atoms with Crippen molar-refractivity contribution in [3.63, 3.8) is 0 Å². The van der Waals surface area contributed by atoms with Gasteiger partial charge in [-0.25, -0.2) is 0 Å². The molecule has 2 aromatic carbocycles. The maximum Gasteiger partial charge on any atom is 0.307 e. The van der Waals surface area contributed by atoms with Crippen molar-refractivity contribution in [2.45, 2.75) is 19.8 Å². The van der Waals surface area contributed by atoms with E-state index < -0.39 is 11.8 Å². The summed E-state index contributed by atoms with van der Waals surface area (Å²) < 4.78 is 11.4. The highest BCUT2D eigenvalue weighted by atomic mass is 16.5. The van der Waals surface area contributed by atoms with Gasteiger partial charge in [0.15, 0.2) is 5.78 Å². The van der Waals surface area contributed by atoms with Crippen LogP contribution in [0, 0.1) is 0 Å². The minimum Gasteiger partial charge on any atom is -0.508 e. The maximum absolute atomic E-state index is 13.3. The summed E-state index contributed by atoms with van der Waals surface area (Å²) in [4.78, 5) is 24.9. The molecule has 6 heteroatoms. The molecule has 0 saturated carbocycles. The minimum atomic E-state index is -1.08. The Hall–Kier alpha value is -3.54. The molecule has 0 aromatic heterocycles. The molecule has 0 aliphatic heterocycles. The van der Waals surface area contributed by atoms with Gasteiger partial charge in [0.05, 0.1) is 12.0 Å². The molecular weight excluding hydrogens is 372 g/mol. The average Bonchev–Trinajstić information content (AvgIpc) is 2.69. The number of phenolic OH excluding ortho intramolecular Hbond substituents is 1. The standard InChI is InChI=1S/C23H24O6/c1-4-10-28-19-14-20(29-11-5-2)22(18(13-21(25)26)17(19)6-3)23(27)15-8-7-9-16(24)12-15/h4-5,7-9,12,14,24H,1-2,6,10-11,13H2,3H3,(H,25,26). The van der Waals surface area contributed by atoms with Crippen molar-refractivity contribution in [1.82, 2.24) is 0 Å². The molecule has 6 nitrogen and oxygen atoms in total. The number of carboxylic acid groups (broad SMARTS) is 1. The SMILES string of the molecule is C=CCOc1cc(OCC=C)c(C(=O)c2cccc(O)c2)c(CC(=O)O)c1CC. The summed E-state index contributed by atoms with van der Waals surface area (Å²) in [6, 6.07) is 7.47. The predicted octanol–water partition coefficient (Wildman–Crippen LogP) is 3.94. The molecule has 2 rings (SSSR count). The number of carbonyl (C=O) groups is 2. The van der Waals surface area contributed by atoms with E-state index in [1.165, 1.54) is 18.2 Å². The highest BCUT2D eigenvalue weighted by Crippen LogP contribution is 2.37. The van der Waals surface area contributed by atoms with Crippen molar-refractivity contribution >= 4 is 11.8 Å². The molecule has 152 valence electrons. The summed E-state index contributed by atoms with van der Waals surface area (Å²) in [5.41, 5.74) is 1.31. The van der Waals surface area contributed by atoms with Crippen molar-refractivity contribution in [3.05, 3.63) is 77.9 Å². The number of benzene rings is 2. The van der Waals surface area contributed by atoms with Crippen LogP contribution in [0.15, 0.2) is 55.6 Å². The Morgan fingerprint density at radius 3 is 2.24 bits per heavy atom. The Morgan fingerprint density at radius 2 is 1.69 bits per heavy atom. The summed E-state index contributed by atoms with van der Waals surface area (Å²) in [6.07, 6.45) is 3.18. The lowest BCUT2D eigenvalue weighted by Crippen LogP contribution is -2.16. The fourth-order valence-corrected chi connectivity index (χ4v) is 3.04. The molecule has 29 heavy (non-hydrogen) atoms. The van der Waals surface area contributed by atoms with Gasteiger partial charge in [-0.2, -0.15) is 0 Å². The fourth-order valence-electron chi connectivity index (χ4n) is 3.04. The first kappa shape index (κ1) is 21.8. The number of ketones is 1. The Balaban J connectivity index is 2.77. The monoisotopic (exact) mass is 396 g/mol. The van der Waals surface area contributed by atoms with Gasteiger partial charge < -0.3 is 19.7 Å². The lowest BCUT2D eigenvalue weighted by atomic mass is 9.90. The van der Waals surface area contributed by atoms with E-state index in [0.29, 0.717) is 23.3 Å². The lowest BCUT2D eigenvalue weighted by molar-refractivity contribution is -0.136. The second kappa shape index (κ2) is 10.1. The van der Waals surface area contributed by atoms with Crippen LogP contribution < -0.4 is 9.47 Å². The van der Waals surface area contributed by atoms with Gasteiger partial charge in [0, 0.05) is 11.6 Å². The third-order valence-corrected chi connectivity index (χ3v) is 4.20. The highest BCUT2D eigenvalue weighted by Gasteiger charge is 2.26. The maximum atomic E-state index is 13.3. The van der Waals surface area contributed by atoms with Crippen molar-refractivity contribution in [2.75, 3.05) is 13.2 Å². The zero-order valence-corrected chi connectivity index (χ0v) is 16.3. The number of ether oxygens (including phenoxy) is 2. The van der Waals surface area contributed by atoms with E-state index in [1.54, 1.807) is 24.3 Å². The molecule has 0 saturated heterocycles. The van der Waals surface area contributed by atoms with Crippen molar-refractivity contribution in [3.8, 4) is 17.2 Å². The van der Waals surface area contributed by atoms with E-state index in [1.807, 2.05) is 6.92 Å². The number of rotatable bonds is 11. The van der Waals surface area contributed by atoms with E-state index in [0.717, 1.165) is 0 Å². The Bertz CT molecular complexity index is 929. The van der Waals surface area contributed by atoms with Crippen LogP contribution >= 0.6 is 0 Å². The Labute approximate surface area is 169 Å². The molecule has 2 N–H and O–H groups in total. The van der Waals surface area contributed by atoms with E-state index in [4.69, 9.17) is 9.47 Å². The summed E-state index contributed by atoms with van der Waals surface area (Å²) in [7, 11) is 0. The fraction of sp³-hybridized carbons (Fsp3) is 0.217. The van der Waals surface area contributed by atoms with Gasteiger partial charge in [-0.15, -0.1) is 0 Å². The third kappa shape index (κ3) is 5.25. The van der Waals surface area contributed by atoms with Gasteiger partial charge in [-0.1, -0.05) is 44.4 Å². The van der Waals surface area contributed by atoms with E-state index in [9.17, 15) is 19.8 Å². The van der Waals surface area contributed by atoms with Crippen LogP contribution in [0.25, 0.3) is 0 Å². The van der Waals surface area contributed by atoms with Gasteiger partial charge >= 0.3 is 5.97 Å². The predicted molar refractivity (Wildman–Crippen MR) is 110 cm³/mol. The highest BCUT2D eigenvalue weighted by molar-refractivity contribution is 6.12. The molecule has 2 aromatic rings. The molecule has 0 aliphatic rings. The first-order valence-electron chi connectivity index (χ1n) is 9.14. The van der Waals surface area contributed by atoms with Crippen LogP contribution in [0.2, 0.25) is 0 Å². The van der Waals surface area contributed by atoms with E-state index >= 15 is 0 Å². The lowest BCUT2D eigenvalue weighted by Gasteiger charge is -2.20. The summed E-state index contributed by atoms with van der Waals surface area (Å²) in [6.45, 7) is 9.44. The molecule has 0 bridgehead atoms. The number of hydrogen-bond acceptors (Lipinski definition) is 5. The Kier molecular flexibility index (Phi) is 7.60. The molecule has 0 amide bonds. The van der Waals surface area contributed by atoms with Crippen molar-refractivity contribution in [2.24, 2.45) is 0 Å². The van der Waals surface area contributed by atoms with Crippen molar-refractivity contribution < 1.29 is 29.3 Å². The first-order valence-corrected chi connectivity index (χ1v) is 9.14. The van der Waals surface area contributed by atoms with Gasteiger partial charge in [0.2, 0.25) is 0 Å². The Morgan fingerprint density at radius 1 is 1.03 bits per heavy atom. The van der Waals surface area contributed by atoms with Crippen LogP contribution in [-0.2, 0) is 17.6 Å². The smallest absolute Gasteiger partial charge is 0.307 e. The number of carboxylic acids is 1. The van der Waals surface area contributed by atoms with Gasteiger partial charge in [-0.05, 0) is 29.7 Å². The second-order valence-electron chi connectivity index (χ2n) is 6.21. The van der Waals surface area contributed by atoms with Crippen molar-refractivity contribution in [1.29, 1.82) is 0 Å². The minimum absolute atomic E-state index is 0.0640. The summed E-state index contributed by atoms with van der Waals surface area (Å²) >= 11 is 0. The molecule has 0 fully saturated rings. The van der Waals surface area contributed by atoms with Crippen LogP contribution in [0.5, 0.6) is 17.2 Å². The summed E-state index contributed by atoms with van der Waals surface area (Å²) in [5.74, 6) is -0.951. The average molecular weight is 396 g/mol. The molecule has 0 heterocycles. The number of aromatic hydroxyl groups is 1. The van der Waals surface area contributed by atoms with Crippen LogP contribution in [-0.4, -0.2) is 35.2 Å². The molecule has 0 unspecified atom stereocenters. The summed E-state index contributed by atoms with van der Waals surface area (Å²) in [5, 5.41) is 19.2. The first-order chi connectivity index (χ1) is 13.9. The zero-order chi connectivity index (χ0) is 21.4. The van der Waals surface area contributed by atoms with Crippen LogP contribution in [0.4, 0.5) is 0 Å². The molecule has 0 radical (unpaired) electrons. The molecule has 0 atom stereocenters. The van der Waals surface area contributed by atoms with E-state index in [-0.39, 0.29) is 42.3 Å². The normalized spacial score (nSPS) is 10.2. The van der Waals surface area contributed by atoms with Gasteiger partial charge in [0.1, 0.15) is 30.5 Å². The molecule has 0 spiro atoms. The number of carbonyl (C=O) groups excluding carboxylic acids is 1. The number of aliphatic carboxylic acids is 1. The van der Waals surface area contributed by atoms with Gasteiger partial charge in [0.25, 0.3) is 0 Å². The van der Waals surface area contributed by atoms with Gasteiger partial charge in [-0.3, -0.25) is 9.59 Å². The number of phenols is 1. The quantitative estimate of drug-likeness (QED) is 0.441. The third-order valence-electron chi connectivity index (χ3n) is 4.20. The topological polar surface area (TPSA) is 93.1 Å². The molecular formula is C23H24O6. The number of hydrogen-bond donors (Lipinski definition) is 2. The van der Waals surface area contributed by atoms with Crippen LogP contribution in [0.3, 0.4) is 0 Å².